The molecule has 0 spiro atoms. The lowest BCUT2D eigenvalue weighted by Gasteiger charge is -2.07. The maximum atomic E-state index is 12.0. The SMILES string of the molecule is O=C(NCc1ccc(Cl)cc1)c1cc(S)ccc1Cl. The van der Waals surface area contributed by atoms with Gasteiger partial charge >= 0.3 is 0 Å². The molecule has 0 bridgehead atoms. The van der Waals surface area contributed by atoms with Crippen molar-refractivity contribution in [3.8, 4) is 0 Å². The molecule has 2 rings (SSSR count). The first kappa shape index (κ1) is 14.3. The van der Waals surface area contributed by atoms with Crippen LogP contribution in [-0.4, -0.2) is 5.91 Å². The van der Waals surface area contributed by atoms with Crippen molar-refractivity contribution in [2.45, 2.75) is 11.4 Å². The molecule has 5 heteroatoms. The highest BCUT2D eigenvalue weighted by atomic mass is 35.5. The van der Waals surface area contributed by atoms with Crippen LogP contribution in [0.3, 0.4) is 0 Å². The van der Waals surface area contributed by atoms with Crippen LogP contribution in [0.5, 0.6) is 0 Å². The fourth-order valence-corrected chi connectivity index (χ4v) is 2.10. The van der Waals surface area contributed by atoms with E-state index in [2.05, 4.69) is 17.9 Å². The average molecular weight is 312 g/mol. The zero-order valence-corrected chi connectivity index (χ0v) is 12.3. The standard InChI is InChI=1S/C14H11Cl2NOS/c15-10-3-1-9(2-4-10)8-17-14(18)12-7-11(19)5-6-13(12)16/h1-7,19H,8H2,(H,17,18). The van der Waals surface area contributed by atoms with Crippen LogP contribution in [0.1, 0.15) is 15.9 Å². The summed E-state index contributed by atoms with van der Waals surface area (Å²) in [4.78, 5) is 12.7. The van der Waals surface area contributed by atoms with Crippen molar-refractivity contribution in [1.82, 2.24) is 5.32 Å². The summed E-state index contributed by atoms with van der Waals surface area (Å²) in [5.74, 6) is -0.226. The highest BCUT2D eigenvalue weighted by Gasteiger charge is 2.10. The first-order valence-corrected chi connectivity index (χ1v) is 6.78. The Kier molecular flexibility index (Phi) is 4.75. The Morgan fingerprint density at radius 1 is 1.11 bits per heavy atom. The van der Waals surface area contributed by atoms with E-state index >= 15 is 0 Å². The number of thiol groups is 1. The number of halogens is 2. The quantitative estimate of drug-likeness (QED) is 0.817. The van der Waals surface area contributed by atoms with E-state index in [0.29, 0.717) is 27.0 Å². The molecule has 2 aromatic rings. The van der Waals surface area contributed by atoms with E-state index in [-0.39, 0.29) is 5.91 Å². The van der Waals surface area contributed by atoms with Crippen molar-refractivity contribution in [2.75, 3.05) is 0 Å². The smallest absolute Gasteiger partial charge is 0.253 e. The second-order valence-corrected chi connectivity index (χ2v) is 5.33. The van der Waals surface area contributed by atoms with Gasteiger partial charge in [0.25, 0.3) is 5.91 Å². The van der Waals surface area contributed by atoms with Crippen molar-refractivity contribution >= 4 is 41.7 Å². The van der Waals surface area contributed by atoms with Crippen LogP contribution in [-0.2, 0) is 6.54 Å². The normalized spacial score (nSPS) is 10.3. The number of carbonyl (C=O) groups excluding carboxylic acids is 1. The largest absolute Gasteiger partial charge is 0.348 e. The molecule has 0 saturated carbocycles. The second-order valence-electron chi connectivity index (χ2n) is 3.97. The van der Waals surface area contributed by atoms with Crippen LogP contribution in [0.15, 0.2) is 47.4 Å². The van der Waals surface area contributed by atoms with Crippen LogP contribution in [0.2, 0.25) is 10.0 Å². The van der Waals surface area contributed by atoms with Crippen LogP contribution >= 0.6 is 35.8 Å². The molecule has 19 heavy (non-hydrogen) atoms. The zero-order valence-electron chi connectivity index (χ0n) is 9.86. The predicted molar refractivity (Wildman–Crippen MR) is 81.3 cm³/mol. The third kappa shape index (κ3) is 3.90. The summed E-state index contributed by atoms with van der Waals surface area (Å²) in [7, 11) is 0. The molecule has 0 fully saturated rings. The van der Waals surface area contributed by atoms with Gasteiger partial charge in [0.1, 0.15) is 0 Å². The molecule has 2 nitrogen and oxygen atoms in total. The highest BCUT2D eigenvalue weighted by Crippen LogP contribution is 2.19. The molecule has 0 aliphatic rings. The van der Waals surface area contributed by atoms with Gasteiger partial charge in [0, 0.05) is 16.5 Å². The van der Waals surface area contributed by atoms with Gasteiger partial charge in [0.15, 0.2) is 0 Å². The molecule has 0 saturated heterocycles. The number of hydrogen-bond acceptors (Lipinski definition) is 2. The van der Waals surface area contributed by atoms with Gasteiger partial charge in [0.05, 0.1) is 10.6 Å². The first-order valence-electron chi connectivity index (χ1n) is 5.57. The fourth-order valence-electron chi connectivity index (χ4n) is 1.57. The van der Waals surface area contributed by atoms with Gasteiger partial charge < -0.3 is 5.32 Å². The number of rotatable bonds is 3. The zero-order chi connectivity index (χ0) is 13.8. The van der Waals surface area contributed by atoms with Gasteiger partial charge in [-0.05, 0) is 35.9 Å². The monoisotopic (exact) mass is 311 g/mol. The van der Waals surface area contributed by atoms with E-state index in [1.54, 1.807) is 30.3 Å². The lowest BCUT2D eigenvalue weighted by Crippen LogP contribution is -2.23. The number of nitrogens with one attached hydrogen (secondary N) is 1. The van der Waals surface area contributed by atoms with Crippen molar-refractivity contribution in [3.05, 3.63) is 63.6 Å². The molecule has 0 aliphatic heterocycles. The Morgan fingerprint density at radius 2 is 1.79 bits per heavy atom. The van der Waals surface area contributed by atoms with E-state index < -0.39 is 0 Å². The fraction of sp³-hybridized carbons (Fsp3) is 0.0714. The summed E-state index contributed by atoms with van der Waals surface area (Å²) in [6, 6.07) is 12.3. The first-order chi connectivity index (χ1) is 9.06. The van der Waals surface area contributed by atoms with E-state index in [1.165, 1.54) is 0 Å². The third-order valence-corrected chi connectivity index (χ3v) is 3.42. The van der Waals surface area contributed by atoms with E-state index in [4.69, 9.17) is 23.2 Å². The number of carbonyl (C=O) groups is 1. The molecule has 1 N–H and O–H groups in total. The molecule has 98 valence electrons. The Morgan fingerprint density at radius 3 is 2.47 bits per heavy atom. The Hall–Kier alpha value is -1.16. The molecular formula is C14H11Cl2NOS. The molecule has 0 aromatic heterocycles. The Balaban J connectivity index is 2.05. The third-order valence-electron chi connectivity index (χ3n) is 2.56. The lowest BCUT2D eigenvalue weighted by molar-refractivity contribution is 0.0951. The summed E-state index contributed by atoms with van der Waals surface area (Å²) >= 11 is 16.0. The Labute approximate surface area is 127 Å². The van der Waals surface area contributed by atoms with Crippen LogP contribution in [0, 0.1) is 0 Å². The van der Waals surface area contributed by atoms with Crippen molar-refractivity contribution in [2.24, 2.45) is 0 Å². The van der Waals surface area contributed by atoms with E-state index in [1.807, 2.05) is 12.1 Å². The molecule has 0 atom stereocenters. The van der Waals surface area contributed by atoms with Gasteiger partial charge in [-0.2, -0.15) is 0 Å². The van der Waals surface area contributed by atoms with Crippen LogP contribution in [0.4, 0.5) is 0 Å². The molecule has 1 amide bonds. The molecule has 0 heterocycles. The molecule has 2 aromatic carbocycles. The number of hydrogen-bond donors (Lipinski definition) is 2. The van der Waals surface area contributed by atoms with Gasteiger partial charge in [0.2, 0.25) is 0 Å². The van der Waals surface area contributed by atoms with Gasteiger partial charge in [-0.25, -0.2) is 0 Å². The molecule has 0 unspecified atom stereocenters. The summed E-state index contributed by atoms with van der Waals surface area (Å²) in [6.07, 6.45) is 0. The highest BCUT2D eigenvalue weighted by molar-refractivity contribution is 7.80. The summed E-state index contributed by atoms with van der Waals surface area (Å²) in [6.45, 7) is 0.420. The summed E-state index contributed by atoms with van der Waals surface area (Å²) < 4.78 is 0. The van der Waals surface area contributed by atoms with E-state index in [9.17, 15) is 4.79 Å². The maximum Gasteiger partial charge on any atom is 0.253 e. The predicted octanol–water partition coefficient (Wildman–Crippen LogP) is 4.21. The van der Waals surface area contributed by atoms with Crippen molar-refractivity contribution in [3.63, 3.8) is 0 Å². The summed E-state index contributed by atoms with van der Waals surface area (Å²) in [5, 5.41) is 3.88. The van der Waals surface area contributed by atoms with Crippen LogP contribution < -0.4 is 5.32 Å². The van der Waals surface area contributed by atoms with Crippen molar-refractivity contribution in [1.29, 1.82) is 0 Å². The Bertz CT molecular complexity index is 599. The van der Waals surface area contributed by atoms with Gasteiger partial charge in [-0.3, -0.25) is 4.79 Å². The van der Waals surface area contributed by atoms with Crippen LogP contribution in [0.25, 0.3) is 0 Å². The van der Waals surface area contributed by atoms with Gasteiger partial charge in [-0.1, -0.05) is 35.3 Å². The second kappa shape index (κ2) is 6.33. The molecular weight excluding hydrogens is 301 g/mol. The van der Waals surface area contributed by atoms with Crippen molar-refractivity contribution < 1.29 is 4.79 Å². The number of amides is 1. The minimum atomic E-state index is -0.226. The lowest BCUT2D eigenvalue weighted by atomic mass is 10.2. The minimum Gasteiger partial charge on any atom is -0.348 e. The van der Waals surface area contributed by atoms with E-state index in [0.717, 1.165) is 5.56 Å². The molecule has 0 radical (unpaired) electrons. The average Bonchev–Trinajstić information content (AvgIpc) is 2.40. The number of benzene rings is 2. The minimum absolute atomic E-state index is 0.226. The topological polar surface area (TPSA) is 29.1 Å². The molecule has 0 aliphatic carbocycles. The summed E-state index contributed by atoms with van der Waals surface area (Å²) in [5.41, 5.74) is 1.39. The maximum absolute atomic E-state index is 12.0. The van der Waals surface area contributed by atoms with Gasteiger partial charge in [-0.15, -0.1) is 12.6 Å².